The highest BCUT2D eigenvalue weighted by Crippen LogP contribution is 2.50. The van der Waals surface area contributed by atoms with Gasteiger partial charge in [0.1, 0.15) is 30.5 Å². The second-order valence-corrected chi connectivity index (χ2v) is 15.9. The van der Waals surface area contributed by atoms with Crippen molar-refractivity contribution in [1.29, 1.82) is 0 Å². The molecule has 10 heteroatoms. The van der Waals surface area contributed by atoms with Gasteiger partial charge in [0.2, 0.25) is 0 Å². The summed E-state index contributed by atoms with van der Waals surface area (Å²) in [5, 5.41) is 1.70. The van der Waals surface area contributed by atoms with Gasteiger partial charge in [0.25, 0.3) is 0 Å². The first-order valence-electron chi connectivity index (χ1n) is 22.1. The number of anilines is 1. The molecule has 6 aromatic rings. The van der Waals surface area contributed by atoms with Gasteiger partial charge in [0.15, 0.2) is 5.60 Å². The van der Waals surface area contributed by atoms with Crippen LogP contribution in [0.1, 0.15) is 75.6 Å². The zero-order chi connectivity index (χ0) is 44.3. The maximum absolute atomic E-state index is 14.2. The summed E-state index contributed by atoms with van der Waals surface area (Å²) in [6.07, 6.45) is 8.62. The number of carbonyl (C=O) groups is 2. The number of rotatable bonds is 19. The Balaban J connectivity index is 1.16. The van der Waals surface area contributed by atoms with Gasteiger partial charge in [-0.25, -0.2) is 9.59 Å². The number of carbonyl (C=O) groups excluding carboxylic acids is 2. The van der Waals surface area contributed by atoms with Crippen molar-refractivity contribution in [2.24, 2.45) is 0 Å². The molecule has 0 amide bonds. The fourth-order valence-corrected chi connectivity index (χ4v) is 8.51. The van der Waals surface area contributed by atoms with Crippen molar-refractivity contribution in [3.8, 4) is 28.4 Å². The molecule has 0 aliphatic carbocycles. The number of benzene rings is 6. The Hall–Kier alpha value is -6.62. The van der Waals surface area contributed by atoms with E-state index in [0.29, 0.717) is 37.1 Å². The number of hydrogen-bond donors (Lipinski definition) is 0. The lowest BCUT2D eigenvalue weighted by molar-refractivity contribution is 0.0140. The van der Waals surface area contributed by atoms with Gasteiger partial charge in [-0.3, -0.25) is 0 Å². The Morgan fingerprint density at radius 2 is 1.28 bits per heavy atom. The summed E-state index contributed by atoms with van der Waals surface area (Å²) < 4.78 is 41.7. The molecule has 0 radical (unpaired) electrons. The number of fused-ring (bicyclic) bond motifs is 3. The normalized spacial score (nSPS) is 15.4. The molecule has 6 aromatic carbocycles. The maximum Gasteiger partial charge on any atom is 0.339 e. The molecule has 0 saturated carbocycles. The first-order chi connectivity index (χ1) is 31.4. The zero-order valence-electron chi connectivity index (χ0n) is 36.8. The van der Waals surface area contributed by atoms with Crippen LogP contribution in [0.4, 0.5) is 5.69 Å². The fourth-order valence-electron chi connectivity index (χ4n) is 8.51. The van der Waals surface area contributed by atoms with Gasteiger partial charge in [-0.05, 0) is 96.4 Å². The smallest absolute Gasteiger partial charge is 0.339 e. The van der Waals surface area contributed by atoms with Crippen molar-refractivity contribution >= 4 is 34.5 Å². The summed E-state index contributed by atoms with van der Waals surface area (Å²) in [7, 11) is 3.28. The van der Waals surface area contributed by atoms with Crippen LogP contribution in [-0.4, -0.2) is 72.3 Å². The van der Waals surface area contributed by atoms with E-state index in [2.05, 4.69) is 60.4 Å². The van der Waals surface area contributed by atoms with Crippen molar-refractivity contribution in [3.63, 3.8) is 0 Å². The van der Waals surface area contributed by atoms with E-state index >= 15 is 0 Å². The summed E-state index contributed by atoms with van der Waals surface area (Å²) in [6, 6.07) is 39.2. The quantitative estimate of drug-likeness (QED) is 0.0578. The molecule has 0 spiro atoms. The van der Waals surface area contributed by atoms with Crippen molar-refractivity contribution in [1.82, 2.24) is 0 Å². The van der Waals surface area contributed by atoms with Crippen LogP contribution in [0.5, 0.6) is 17.2 Å². The highest BCUT2D eigenvalue weighted by atomic mass is 16.6. The van der Waals surface area contributed by atoms with Crippen LogP contribution in [0, 0.1) is 0 Å². The minimum absolute atomic E-state index is 0.0236. The lowest BCUT2D eigenvalue weighted by atomic mass is 9.81. The molecule has 2 heterocycles. The molecule has 1 unspecified atom stereocenters. The van der Waals surface area contributed by atoms with E-state index < -0.39 is 17.5 Å². The average molecular weight is 862 g/mol. The number of esters is 2. The molecule has 10 nitrogen and oxygen atoms in total. The van der Waals surface area contributed by atoms with E-state index in [1.807, 2.05) is 60.7 Å². The van der Waals surface area contributed by atoms with Crippen molar-refractivity contribution < 1.29 is 42.7 Å². The van der Waals surface area contributed by atoms with Gasteiger partial charge in [-0.15, -0.1) is 0 Å². The molecule has 64 heavy (non-hydrogen) atoms. The first-order valence-corrected chi connectivity index (χ1v) is 22.1. The molecular formula is C54H55NO9. The van der Waals surface area contributed by atoms with Crippen LogP contribution in [-0.2, 0) is 31.2 Å². The highest BCUT2D eigenvalue weighted by molar-refractivity contribution is 6.06. The monoisotopic (exact) mass is 861 g/mol. The maximum atomic E-state index is 14.2. The van der Waals surface area contributed by atoms with Gasteiger partial charge >= 0.3 is 11.9 Å². The van der Waals surface area contributed by atoms with E-state index in [4.69, 9.17) is 33.2 Å². The van der Waals surface area contributed by atoms with Crippen LogP contribution in [0.2, 0.25) is 0 Å². The lowest BCUT2D eigenvalue weighted by Gasteiger charge is -2.38. The predicted molar refractivity (Wildman–Crippen MR) is 250 cm³/mol. The molecular weight excluding hydrogens is 807 g/mol. The molecule has 0 aromatic heterocycles. The third kappa shape index (κ3) is 9.49. The third-order valence-corrected chi connectivity index (χ3v) is 11.9. The van der Waals surface area contributed by atoms with Gasteiger partial charge in [0.05, 0.1) is 45.2 Å². The van der Waals surface area contributed by atoms with Gasteiger partial charge in [0, 0.05) is 53.0 Å². The van der Waals surface area contributed by atoms with Crippen LogP contribution in [0.25, 0.3) is 28.0 Å². The Morgan fingerprint density at radius 1 is 0.656 bits per heavy atom. The van der Waals surface area contributed by atoms with E-state index in [-0.39, 0.29) is 30.9 Å². The van der Waals surface area contributed by atoms with E-state index in [0.717, 1.165) is 70.1 Å². The number of nitrogens with zero attached hydrogens (tertiary/aromatic N) is 1. The molecule has 1 atom stereocenters. The SMILES string of the molecule is CCCCOCCOCCOC(=O)c1ccccc1C(=O)OCc1c2c(c3cc(OC)ccc3c1-c1ccc(OC)cc1)OC(c1ccccc1)(c1ccc(N3CCCC3)cc1)C=C2. The minimum atomic E-state index is -1.00. The molecule has 1 fully saturated rings. The van der Waals surface area contributed by atoms with Gasteiger partial charge in [-0.1, -0.05) is 86.2 Å². The molecule has 8 rings (SSSR count). The summed E-state index contributed by atoms with van der Waals surface area (Å²) in [5.41, 5.74) is 5.53. The summed E-state index contributed by atoms with van der Waals surface area (Å²) >= 11 is 0. The summed E-state index contributed by atoms with van der Waals surface area (Å²) in [6.45, 7) is 5.85. The molecule has 330 valence electrons. The van der Waals surface area contributed by atoms with E-state index in [1.54, 1.807) is 38.5 Å². The van der Waals surface area contributed by atoms with Gasteiger partial charge < -0.3 is 38.1 Å². The van der Waals surface area contributed by atoms with E-state index in [9.17, 15) is 9.59 Å². The largest absolute Gasteiger partial charge is 0.497 e. The highest BCUT2D eigenvalue weighted by Gasteiger charge is 2.39. The Kier molecular flexibility index (Phi) is 14.2. The van der Waals surface area contributed by atoms with Crippen LogP contribution < -0.4 is 19.1 Å². The van der Waals surface area contributed by atoms with Crippen molar-refractivity contribution in [3.05, 3.63) is 161 Å². The molecule has 0 N–H and O–H groups in total. The minimum Gasteiger partial charge on any atom is -0.497 e. The first kappa shape index (κ1) is 44.0. The average Bonchev–Trinajstić information content (AvgIpc) is 3.90. The molecule has 2 aliphatic rings. The summed E-state index contributed by atoms with van der Waals surface area (Å²) in [4.78, 5) is 29.9. The molecule has 0 bridgehead atoms. The van der Waals surface area contributed by atoms with Crippen molar-refractivity contribution in [2.75, 3.05) is 65.2 Å². The van der Waals surface area contributed by atoms with Crippen molar-refractivity contribution in [2.45, 2.75) is 44.8 Å². The number of methoxy groups -OCH3 is 2. The predicted octanol–water partition coefficient (Wildman–Crippen LogP) is 10.8. The number of ether oxygens (including phenoxy) is 7. The Bertz CT molecular complexity index is 2570. The standard InChI is InChI=1S/C54H55NO9/c1-4-5-31-60-32-33-61-34-35-62-52(56)46-15-9-10-16-47(46)53(57)63-37-49-45-27-28-54(39-13-7-6-8-14-39,40-19-21-41(22-20-40)55-29-11-12-30-55)64-51(45)48-36-43(59-3)25-26-44(48)50(49)38-17-23-42(58-2)24-18-38/h6-10,13-28,36H,4-5,11-12,29-35,37H2,1-3H3. The van der Waals surface area contributed by atoms with E-state index in [1.165, 1.54) is 18.5 Å². The number of hydrogen-bond acceptors (Lipinski definition) is 10. The van der Waals surface area contributed by atoms with Gasteiger partial charge in [-0.2, -0.15) is 0 Å². The Morgan fingerprint density at radius 3 is 1.97 bits per heavy atom. The fraction of sp³-hybridized carbons (Fsp3) is 0.296. The zero-order valence-corrected chi connectivity index (χ0v) is 36.8. The second-order valence-electron chi connectivity index (χ2n) is 15.9. The Labute approximate surface area is 375 Å². The molecule has 1 saturated heterocycles. The van der Waals surface area contributed by atoms with Crippen LogP contribution >= 0.6 is 0 Å². The second kappa shape index (κ2) is 20.7. The van der Waals surface area contributed by atoms with Crippen LogP contribution in [0.15, 0.2) is 127 Å². The number of unbranched alkanes of at least 4 members (excludes halogenated alkanes) is 1. The summed E-state index contributed by atoms with van der Waals surface area (Å²) in [5.74, 6) is 0.673. The molecule has 2 aliphatic heterocycles. The lowest BCUT2D eigenvalue weighted by Crippen LogP contribution is -2.34. The third-order valence-electron chi connectivity index (χ3n) is 11.9. The van der Waals surface area contributed by atoms with Crippen LogP contribution in [0.3, 0.4) is 0 Å². The topological polar surface area (TPSA) is 102 Å².